The summed E-state index contributed by atoms with van der Waals surface area (Å²) in [4.78, 5) is 17.7. The van der Waals surface area contributed by atoms with Gasteiger partial charge in [-0.15, -0.1) is 0 Å². The maximum atomic E-state index is 12.0. The van der Waals surface area contributed by atoms with E-state index in [1.807, 2.05) is 7.05 Å². The van der Waals surface area contributed by atoms with Gasteiger partial charge >= 0.3 is 0 Å². The second-order valence-electron chi connectivity index (χ2n) is 3.88. The standard InChI is InChI=1S/C10H15N3O2/c1-12-6-9(11-7-12)10(15)13(4-5-14)8-2-3-8/h6-8,14H,2-5H2,1H3. The van der Waals surface area contributed by atoms with Gasteiger partial charge in [0.1, 0.15) is 5.69 Å². The van der Waals surface area contributed by atoms with Crippen LogP contribution in [-0.2, 0) is 7.05 Å². The van der Waals surface area contributed by atoms with Crippen LogP contribution in [0.4, 0.5) is 0 Å². The Kier molecular flexibility index (Phi) is 2.73. The Labute approximate surface area is 88.3 Å². The second kappa shape index (κ2) is 4.02. The Balaban J connectivity index is 2.10. The van der Waals surface area contributed by atoms with Gasteiger partial charge in [0, 0.05) is 25.8 Å². The summed E-state index contributed by atoms with van der Waals surface area (Å²) < 4.78 is 1.75. The highest BCUT2D eigenvalue weighted by molar-refractivity contribution is 5.92. The van der Waals surface area contributed by atoms with Gasteiger partial charge in [-0.2, -0.15) is 0 Å². The second-order valence-corrected chi connectivity index (χ2v) is 3.88. The molecule has 15 heavy (non-hydrogen) atoms. The summed E-state index contributed by atoms with van der Waals surface area (Å²) in [5.41, 5.74) is 0.456. The molecule has 0 aliphatic heterocycles. The molecule has 1 aliphatic carbocycles. The predicted molar refractivity (Wildman–Crippen MR) is 54.4 cm³/mol. The molecule has 1 heterocycles. The Morgan fingerprint density at radius 1 is 1.73 bits per heavy atom. The van der Waals surface area contributed by atoms with Gasteiger partial charge in [-0.25, -0.2) is 4.98 Å². The van der Waals surface area contributed by atoms with Crippen LogP contribution in [0.15, 0.2) is 12.5 Å². The smallest absolute Gasteiger partial charge is 0.274 e. The van der Waals surface area contributed by atoms with Crippen LogP contribution in [0.1, 0.15) is 23.3 Å². The van der Waals surface area contributed by atoms with Crippen molar-refractivity contribution in [1.29, 1.82) is 0 Å². The molecule has 1 aromatic rings. The SMILES string of the molecule is Cn1cnc(C(=O)N(CCO)C2CC2)c1. The molecule has 5 heteroatoms. The fourth-order valence-corrected chi connectivity index (χ4v) is 1.61. The Bertz CT molecular complexity index is 357. The highest BCUT2D eigenvalue weighted by Gasteiger charge is 2.33. The van der Waals surface area contributed by atoms with E-state index in [4.69, 9.17) is 5.11 Å². The average Bonchev–Trinajstić information content (AvgIpc) is 2.96. The summed E-state index contributed by atoms with van der Waals surface area (Å²) in [6, 6.07) is 0.312. The molecule has 1 aliphatic rings. The number of rotatable bonds is 4. The molecule has 1 aromatic heterocycles. The van der Waals surface area contributed by atoms with Crippen molar-refractivity contribution in [2.24, 2.45) is 7.05 Å². The van der Waals surface area contributed by atoms with Crippen LogP contribution >= 0.6 is 0 Å². The van der Waals surface area contributed by atoms with Crippen LogP contribution in [0.3, 0.4) is 0 Å². The van der Waals surface area contributed by atoms with Crippen molar-refractivity contribution in [3.8, 4) is 0 Å². The van der Waals surface area contributed by atoms with Gasteiger partial charge in [-0.1, -0.05) is 0 Å². The zero-order chi connectivity index (χ0) is 10.8. The number of aliphatic hydroxyl groups excluding tert-OH is 1. The van der Waals surface area contributed by atoms with E-state index in [1.165, 1.54) is 0 Å². The van der Waals surface area contributed by atoms with Gasteiger partial charge in [-0.3, -0.25) is 4.79 Å². The first-order chi connectivity index (χ1) is 7.22. The van der Waals surface area contributed by atoms with E-state index >= 15 is 0 Å². The molecule has 0 bridgehead atoms. The first-order valence-electron chi connectivity index (χ1n) is 5.12. The summed E-state index contributed by atoms with van der Waals surface area (Å²) >= 11 is 0. The van der Waals surface area contributed by atoms with E-state index in [0.717, 1.165) is 12.8 Å². The third kappa shape index (κ3) is 2.18. The number of hydrogen-bond acceptors (Lipinski definition) is 3. The third-order valence-corrected chi connectivity index (χ3v) is 2.51. The van der Waals surface area contributed by atoms with E-state index in [0.29, 0.717) is 18.3 Å². The van der Waals surface area contributed by atoms with Gasteiger partial charge in [0.05, 0.1) is 12.9 Å². The maximum absolute atomic E-state index is 12.0. The maximum Gasteiger partial charge on any atom is 0.274 e. The molecule has 2 rings (SSSR count). The molecule has 0 radical (unpaired) electrons. The number of carbonyl (C=O) groups is 1. The van der Waals surface area contributed by atoms with E-state index < -0.39 is 0 Å². The molecule has 1 amide bonds. The third-order valence-electron chi connectivity index (χ3n) is 2.51. The number of nitrogens with zero attached hydrogens (tertiary/aromatic N) is 3. The molecular formula is C10H15N3O2. The molecule has 5 nitrogen and oxygen atoms in total. The first-order valence-corrected chi connectivity index (χ1v) is 5.12. The lowest BCUT2D eigenvalue weighted by atomic mass is 10.3. The fourth-order valence-electron chi connectivity index (χ4n) is 1.61. The van der Waals surface area contributed by atoms with Crippen molar-refractivity contribution in [2.45, 2.75) is 18.9 Å². The highest BCUT2D eigenvalue weighted by atomic mass is 16.3. The zero-order valence-corrected chi connectivity index (χ0v) is 8.76. The molecule has 1 N–H and O–H groups in total. The summed E-state index contributed by atoms with van der Waals surface area (Å²) in [5, 5.41) is 8.89. The van der Waals surface area contributed by atoms with Crippen LogP contribution in [0.25, 0.3) is 0 Å². The molecule has 1 fully saturated rings. The Hall–Kier alpha value is -1.36. The van der Waals surface area contributed by atoms with Gasteiger partial charge in [0.15, 0.2) is 0 Å². The van der Waals surface area contributed by atoms with Crippen LogP contribution in [0.2, 0.25) is 0 Å². The Morgan fingerprint density at radius 3 is 2.93 bits per heavy atom. The topological polar surface area (TPSA) is 58.4 Å². The van der Waals surface area contributed by atoms with Crippen LogP contribution in [0.5, 0.6) is 0 Å². The molecule has 0 unspecified atom stereocenters. The van der Waals surface area contributed by atoms with E-state index in [2.05, 4.69) is 4.98 Å². The number of imidazole rings is 1. The number of amides is 1. The minimum Gasteiger partial charge on any atom is -0.395 e. The quantitative estimate of drug-likeness (QED) is 0.760. The number of aliphatic hydroxyl groups is 1. The van der Waals surface area contributed by atoms with Crippen molar-refractivity contribution in [3.05, 3.63) is 18.2 Å². The molecular weight excluding hydrogens is 194 g/mol. The molecule has 0 aromatic carbocycles. The highest BCUT2D eigenvalue weighted by Crippen LogP contribution is 2.27. The summed E-state index contributed by atoms with van der Waals surface area (Å²) in [5.74, 6) is -0.0767. The van der Waals surface area contributed by atoms with Crippen molar-refractivity contribution in [2.75, 3.05) is 13.2 Å². The first kappa shape index (κ1) is 10.2. The Morgan fingerprint density at radius 2 is 2.47 bits per heavy atom. The lowest BCUT2D eigenvalue weighted by molar-refractivity contribution is 0.0702. The van der Waals surface area contributed by atoms with E-state index in [-0.39, 0.29) is 12.5 Å². The van der Waals surface area contributed by atoms with Crippen molar-refractivity contribution < 1.29 is 9.90 Å². The van der Waals surface area contributed by atoms with Gasteiger partial charge in [-0.05, 0) is 12.8 Å². The van der Waals surface area contributed by atoms with Gasteiger partial charge in [0.25, 0.3) is 5.91 Å². The predicted octanol–water partition coefficient (Wildman–Crippen LogP) is 0.0170. The molecule has 82 valence electrons. The van der Waals surface area contributed by atoms with E-state index in [9.17, 15) is 4.79 Å². The van der Waals surface area contributed by atoms with Crippen molar-refractivity contribution in [3.63, 3.8) is 0 Å². The van der Waals surface area contributed by atoms with E-state index in [1.54, 1.807) is 22.0 Å². The summed E-state index contributed by atoms with van der Waals surface area (Å²) in [6.07, 6.45) is 5.39. The minimum atomic E-state index is -0.0767. The number of carbonyl (C=O) groups excluding carboxylic acids is 1. The number of hydrogen-bond donors (Lipinski definition) is 1. The lowest BCUT2D eigenvalue weighted by Crippen LogP contribution is -2.35. The fraction of sp³-hybridized carbons (Fsp3) is 0.600. The van der Waals surface area contributed by atoms with Crippen LogP contribution in [0, 0.1) is 0 Å². The van der Waals surface area contributed by atoms with Crippen molar-refractivity contribution >= 4 is 5.91 Å². The van der Waals surface area contributed by atoms with Crippen LogP contribution in [-0.4, -0.2) is 44.7 Å². The van der Waals surface area contributed by atoms with Crippen molar-refractivity contribution in [1.82, 2.24) is 14.5 Å². The molecule has 0 spiro atoms. The van der Waals surface area contributed by atoms with Crippen LogP contribution < -0.4 is 0 Å². The molecule has 1 saturated carbocycles. The lowest BCUT2D eigenvalue weighted by Gasteiger charge is -2.19. The number of aromatic nitrogens is 2. The molecule has 0 saturated heterocycles. The van der Waals surface area contributed by atoms with Gasteiger partial charge < -0.3 is 14.6 Å². The zero-order valence-electron chi connectivity index (χ0n) is 8.76. The average molecular weight is 209 g/mol. The normalized spacial score (nSPS) is 15.3. The largest absolute Gasteiger partial charge is 0.395 e. The monoisotopic (exact) mass is 209 g/mol. The molecule has 0 atom stereocenters. The summed E-state index contributed by atoms with van der Waals surface area (Å²) in [6.45, 7) is 0.412. The van der Waals surface area contributed by atoms with Gasteiger partial charge in [0.2, 0.25) is 0 Å². The minimum absolute atomic E-state index is 0.00900. The number of aryl methyl sites for hydroxylation is 1. The summed E-state index contributed by atoms with van der Waals surface area (Å²) in [7, 11) is 1.83.